The van der Waals surface area contributed by atoms with Crippen molar-refractivity contribution in [3.05, 3.63) is 55.1 Å². The van der Waals surface area contributed by atoms with Crippen LogP contribution in [0.1, 0.15) is 23.4 Å². The van der Waals surface area contributed by atoms with Crippen LogP contribution in [0.25, 0.3) is 0 Å². The van der Waals surface area contributed by atoms with Gasteiger partial charge in [0.05, 0.1) is 6.04 Å². The average Bonchev–Trinajstić information content (AvgIpc) is 2.68. The van der Waals surface area contributed by atoms with Crippen molar-refractivity contribution in [3.63, 3.8) is 0 Å². The summed E-state index contributed by atoms with van der Waals surface area (Å²) >= 11 is 10.6. The van der Waals surface area contributed by atoms with Crippen molar-refractivity contribution in [2.75, 3.05) is 6.54 Å². The number of nitrogens with one attached hydrogen (secondary N) is 1. The van der Waals surface area contributed by atoms with Gasteiger partial charge in [0, 0.05) is 14.9 Å². The minimum absolute atomic E-state index is 0.0229. The fraction of sp³-hybridized carbons (Fsp3) is 0.231. The Morgan fingerprint density at radius 3 is 2.47 bits per heavy atom. The summed E-state index contributed by atoms with van der Waals surface area (Å²) in [5.74, 6) is -1.13. The second kappa shape index (κ2) is 6.31. The van der Waals surface area contributed by atoms with Crippen LogP contribution in [0.5, 0.6) is 0 Å². The molecule has 0 spiro atoms. The molecule has 0 radical (unpaired) electrons. The molecule has 0 bridgehead atoms. The molecule has 0 fully saturated rings. The summed E-state index contributed by atoms with van der Waals surface area (Å²) in [5, 5.41) is 3.09. The van der Waals surface area contributed by atoms with Gasteiger partial charge in [0.2, 0.25) is 0 Å². The van der Waals surface area contributed by atoms with Crippen molar-refractivity contribution in [2.24, 2.45) is 0 Å². The molecule has 1 N–H and O–H groups in total. The molecule has 1 unspecified atom stereocenters. The Morgan fingerprint density at radius 1 is 1.37 bits per heavy atom. The Morgan fingerprint density at radius 2 is 2.00 bits per heavy atom. The van der Waals surface area contributed by atoms with Crippen LogP contribution in [-0.2, 0) is 0 Å². The van der Waals surface area contributed by atoms with E-state index in [0.717, 1.165) is 9.35 Å². The van der Waals surface area contributed by atoms with Crippen LogP contribution in [0, 0.1) is 11.6 Å². The summed E-state index contributed by atoms with van der Waals surface area (Å²) in [6, 6.07) is 5.11. The van der Waals surface area contributed by atoms with Gasteiger partial charge in [-0.3, -0.25) is 0 Å². The van der Waals surface area contributed by atoms with Crippen LogP contribution < -0.4 is 5.32 Å². The van der Waals surface area contributed by atoms with Gasteiger partial charge in [-0.2, -0.15) is 0 Å². The van der Waals surface area contributed by atoms with E-state index in [-0.39, 0.29) is 5.56 Å². The van der Waals surface area contributed by atoms with Crippen molar-refractivity contribution in [1.29, 1.82) is 0 Å². The van der Waals surface area contributed by atoms with Gasteiger partial charge in [0.1, 0.15) is 16.0 Å². The Kier molecular flexibility index (Phi) is 4.95. The highest BCUT2D eigenvalue weighted by molar-refractivity contribution is 9.10. The topological polar surface area (TPSA) is 12.0 Å². The molecule has 1 nitrogen and oxygen atoms in total. The van der Waals surface area contributed by atoms with Crippen molar-refractivity contribution < 1.29 is 8.78 Å². The summed E-state index contributed by atoms with van der Waals surface area (Å²) < 4.78 is 29.1. The predicted octanol–water partition coefficient (Wildman–Crippen LogP) is 5.14. The second-order valence-corrected chi connectivity index (χ2v) is 6.44. The molecule has 2 aromatic rings. The number of halogens is 4. The van der Waals surface area contributed by atoms with E-state index < -0.39 is 17.7 Å². The molecule has 0 aliphatic rings. The van der Waals surface area contributed by atoms with E-state index >= 15 is 0 Å². The summed E-state index contributed by atoms with van der Waals surface area (Å²) in [6.07, 6.45) is 0. The standard InChI is InChI=1S/C13H11BrClF2NS/c1-2-18-12(10-6-7(14)13(15)19-10)11-8(16)4-3-5-9(11)17/h3-6,12,18H,2H2,1H3. The van der Waals surface area contributed by atoms with Gasteiger partial charge in [0.25, 0.3) is 0 Å². The lowest BCUT2D eigenvalue weighted by Gasteiger charge is -2.18. The van der Waals surface area contributed by atoms with E-state index in [4.69, 9.17) is 11.6 Å². The van der Waals surface area contributed by atoms with E-state index in [9.17, 15) is 8.78 Å². The second-order valence-electron chi connectivity index (χ2n) is 3.90. The lowest BCUT2D eigenvalue weighted by atomic mass is 10.0. The monoisotopic (exact) mass is 365 g/mol. The third-order valence-corrected chi connectivity index (χ3v) is 5.18. The van der Waals surface area contributed by atoms with Crippen LogP contribution in [0.15, 0.2) is 28.7 Å². The zero-order chi connectivity index (χ0) is 14.0. The summed E-state index contributed by atoms with van der Waals surface area (Å²) in [6.45, 7) is 2.47. The van der Waals surface area contributed by atoms with Crippen LogP contribution in [-0.4, -0.2) is 6.54 Å². The molecule has 2 rings (SSSR count). The van der Waals surface area contributed by atoms with Gasteiger partial charge in [-0.05, 0) is 40.7 Å². The summed E-state index contributed by atoms with van der Waals surface area (Å²) in [5.41, 5.74) is 0.0229. The molecule has 1 aromatic heterocycles. The van der Waals surface area contributed by atoms with Crippen LogP contribution >= 0.6 is 38.9 Å². The quantitative estimate of drug-likeness (QED) is 0.790. The maximum Gasteiger partial charge on any atom is 0.131 e. The average molecular weight is 367 g/mol. The molecule has 1 aromatic carbocycles. The van der Waals surface area contributed by atoms with E-state index in [0.29, 0.717) is 10.9 Å². The van der Waals surface area contributed by atoms with Gasteiger partial charge < -0.3 is 5.32 Å². The largest absolute Gasteiger partial charge is 0.306 e. The molecule has 102 valence electrons. The Hall–Kier alpha value is -0.490. The molecule has 0 saturated heterocycles. The lowest BCUT2D eigenvalue weighted by molar-refractivity contribution is 0.513. The number of thiophene rings is 1. The van der Waals surface area contributed by atoms with Crippen LogP contribution in [0.4, 0.5) is 8.78 Å². The first-order chi connectivity index (χ1) is 9.04. The minimum atomic E-state index is -0.563. The Bertz CT molecular complexity index is 548. The number of benzene rings is 1. The van der Waals surface area contributed by atoms with Crippen molar-refractivity contribution in [2.45, 2.75) is 13.0 Å². The highest BCUT2D eigenvalue weighted by Gasteiger charge is 2.23. The molecular weight excluding hydrogens is 356 g/mol. The van der Waals surface area contributed by atoms with Crippen molar-refractivity contribution in [3.8, 4) is 0 Å². The van der Waals surface area contributed by atoms with Crippen molar-refractivity contribution in [1.82, 2.24) is 5.32 Å². The summed E-state index contributed by atoms with van der Waals surface area (Å²) in [4.78, 5) is 0.766. The molecule has 0 aliphatic heterocycles. The first kappa shape index (κ1) is 14.9. The van der Waals surface area contributed by atoms with Crippen LogP contribution in [0.3, 0.4) is 0 Å². The minimum Gasteiger partial charge on any atom is -0.306 e. The third kappa shape index (κ3) is 3.16. The van der Waals surface area contributed by atoms with Gasteiger partial charge in [0.15, 0.2) is 0 Å². The zero-order valence-electron chi connectivity index (χ0n) is 10.0. The molecule has 6 heteroatoms. The molecule has 0 saturated carbocycles. The Labute approximate surface area is 127 Å². The predicted molar refractivity (Wildman–Crippen MR) is 78.9 cm³/mol. The molecule has 0 aliphatic carbocycles. The van der Waals surface area contributed by atoms with E-state index in [1.54, 1.807) is 6.07 Å². The molecule has 19 heavy (non-hydrogen) atoms. The zero-order valence-corrected chi connectivity index (χ0v) is 13.2. The number of hydrogen-bond acceptors (Lipinski definition) is 2. The van der Waals surface area contributed by atoms with Gasteiger partial charge >= 0.3 is 0 Å². The smallest absolute Gasteiger partial charge is 0.131 e. The van der Waals surface area contributed by atoms with Crippen molar-refractivity contribution >= 4 is 38.9 Å². The van der Waals surface area contributed by atoms with Crippen LogP contribution in [0.2, 0.25) is 4.34 Å². The van der Waals surface area contributed by atoms with E-state index in [2.05, 4.69) is 21.2 Å². The number of rotatable bonds is 4. The fourth-order valence-electron chi connectivity index (χ4n) is 1.84. The maximum atomic E-state index is 13.9. The van der Waals surface area contributed by atoms with Gasteiger partial charge in [-0.1, -0.05) is 24.6 Å². The Balaban J connectivity index is 2.51. The third-order valence-electron chi connectivity index (χ3n) is 2.65. The molecular formula is C13H11BrClF2NS. The number of hydrogen-bond donors (Lipinski definition) is 1. The maximum absolute atomic E-state index is 13.9. The van der Waals surface area contributed by atoms with Gasteiger partial charge in [-0.25, -0.2) is 8.78 Å². The van der Waals surface area contributed by atoms with Gasteiger partial charge in [-0.15, -0.1) is 11.3 Å². The fourth-order valence-corrected chi connectivity index (χ4v) is 3.66. The molecule has 1 heterocycles. The van der Waals surface area contributed by atoms with E-state index in [1.807, 2.05) is 6.92 Å². The molecule has 1 atom stereocenters. The van der Waals surface area contributed by atoms with E-state index in [1.165, 1.54) is 29.5 Å². The highest BCUT2D eigenvalue weighted by Crippen LogP contribution is 2.38. The lowest BCUT2D eigenvalue weighted by Crippen LogP contribution is -2.23. The first-order valence-electron chi connectivity index (χ1n) is 5.66. The SMILES string of the molecule is CCNC(c1cc(Br)c(Cl)s1)c1c(F)cccc1F. The molecule has 0 amide bonds. The summed E-state index contributed by atoms with van der Waals surface area (Å²) in [7, 11) is 0. The highest BCUT2D eigenvalue weighted by atomic mass is 79.9. The first-order valence-corrected chi connectivity index (χ1v) is 7.65. The normalized spacial score (nSPS) is 12.7.